The minimum absolute atomic E-state index is 0.0311. The van der Waals surface area contributed by atoms with Crippen LogP contribution < -0.4 is 19.1 Å². The van der Waals surface area contributed by atoms with Crippen LogP contribution in [-0.2, 0) is 26.2 Å². The number of hydrogen-bond donors (Lipinski definition) is 1. The highest BCUT2D eigenvalue weighted by Crippen LogP contribution is 2.34. The van der Waals surface area contributed by atoms with Gasteiger partial charge < -0.3 is 19.7 Å². The maximum atomic E-state index is 13.9. The molecule has 9 nitrogen and oxygen atoms in total. The molecule has 10 heteroatoms. The van der Waals surface area contributed by atoms with E-state index in [-0.39, 0.29) is 23.0 Å². The number of anilines is 1. The van der Waals surface area contributed by atoms with Crippen LogP contribution in [-0.4, -0.2) is 59.0 Å². The average molecular weight is 554 g/mol. The van der Waals surface area contributed by atoms with Gasteiger partial charge in [0.05, 0.1) is 24.8 Å². The van der Waals surface area contributed by atoms with Gasteiger partial charge in [0.2, 0.25) is 11.8 Å². The molecule has 3 aromatic carbocycles. The Bertz CT molecular complexity index is 1380. The Morgan fingerprint density at radius 3 is 2.13 bits per heavy atom. The number of carbonyl (C=O) groups is 2. The maximum absolute atomic E-state index is 13.9. The zero-order chi connectivity index (χ0) is 28.6. The second-order valence-corrected chi connectivity index (χ2v) is 10.8. The predicted molar refractivity (Wildman–Crippen MR) is 150 cm³/mol. The SMILES string of the molecule is CC[C@H](C(=O)NC)N(Cc1ccccc1)C(=O)CN(c1ccc(OC)c(OC)c1)S(=O)(=O)c1ccc(C)cc1. The quantitative estimate of drug-likeness (QED) is 0.366. The van der Waals surface area contributed by atoms with Crippen LogP contribution in [0, 0.1) is 6.92 Å². The van der Waals surface area contributed by atoms with Crippen LogP contribution in [0.4, 0.5) is 5.69 Å². The van der Waals surface area contributed by atoms with Gasteiger partial charge in [-0.1, -0.05) is 55.0 Å². The Labute approximate surface area is 230 Å². The molecule has 0 unspecified atom stereocenters. The molecule has 0 aliphatic rings. The minimum Gasteiger partial charge on any atom is -0.493 e. The van der Waals surface area contributed by atoms with Crippen molar-refractivity contribution in [2.75, 3.05) is 32.1 Å². The normalized spacial score (nSPS) is 11.8. The second kappa shape index (κ2) is 13.1. The maximum Gasteiger partial charge on any atom is 0.264 e. The van der Waals surface area contributed by atoms with Crippen LogP contribution in [0.3, 0.4) is 0 Å². The first kappa shape index (κ1) is 29.5. The molecule has 1 N–H and O–H groups in total. The van der Waals surface area contributed by atoms with Crippen molar-refractivity contribution in [3.63, 3.8) is 0 Å². The number of likely N-dealkylation sites (N-methyl/N-ethyl adjacent to an activating group) is 1. The van der Waals surface area contributed by atoms with Crippen LogP contribution in [0.2, 0.25) is 0 Å². The number of benzene rings is 3. The highest BCUT2D eigenvalue weighted by molar-refractivity contribution is 7.92. The van der Waals surface area contributed by atoms with Gasteiger partial charge in [0.1, 0.15) is 12.6 Å². The van der Waals surface area contributed by atoms with Gasteiger partial charge in [0, 0.05) is 19.7 Å². The zero-order valence-corrected chi connectivity index (χ0v) is 23.7. The van der Waals surface area contributed by atoms with Crippen molar-refractivity contribution >= 4 is 27.5 Å². The fourth-order valence-electron chi connectivity index (χ4n) is 4.21. The fourth-order valence-corrected chi connectivity index (χ4v) is 5.62. The van der Waals surface area contributed by atoms with Crippen molar-refractivity contribution in [2.45, 2.75) is 37.8 Å². The fraction of sp³-hybridized carbons (Fsp3) is 0.310. The molecule has 1 atom stereocenters. The van der Waals surface area contributed by atoms with Crippen LogP contribution in [0.5, 0.6) is 11.5 Å². The number of sulfonamides is 1. The molecule has 0 aromatic heterocycles. The first-order valence-electron chi connectivity index (χ1n) is 12.5. The molecule has 39 heavy (non-hydrogen) atoms. The van der Waals surface area contributed by atoms with Crippen LogP contribution >= 0.6 is 0 Å². The number of amides is 2. The molecule has 3 aromatic rings. The summed E-state index contributed by atoms with van der Waals surface area (Å²) in [5.41, 5.74) is 1.93. The van der Waals surface area contributed by atoms with Crippen molar-refractivity contribution in [1.29, 1.82) is 0 Å². The van der Waals surface area contributed by atoms with E-state index in [4.69, 9.17) is 9.47 Å². The smallest absolute Gasteiger partial charge is 0.264 e. The molecule has 0 aliphatic heterocycles. The third kappa shape index (κ3) is 6.88. The van der Waals surface area contributed by atoms with E-state index < -0.39 is 28.5 Å². The summed E-state index contributed by atoms with van der Waals surface area (Å²) >= 11 is 0. The lowest BCUT2D eigenvalue weighted by Gasteiger charge is -2.33. The van der Waals surface area contributed by atoms with Crippen molar-refractivity contribution in [2.24, 2.45) is 0 Å². The summed E-state index contributed by atoms with van der Waals surface area (Å²) in [6.45, 7) is 3.26. The highest BCUT2D eigenvalue weighted by atomic mass is 32.2. The summed E-state index contributed by atoms with van der Waals surface area (Å²) < 4.78 is 39.6. The van der Waals surface area contributed by atoms with Gasteiger partial charge in [-0.05, 0) is 43.2 Å². The number of nitrogens with one attached hydrogen (secondary N) is 1. The van der Waals surface area contributed by atoms with Crippen LogP contribution in [0.1, 0.15) is 24.5 Å². The van der Waals surface area contributed by atoms with E-state index in [2.05, 4.69) is 5.32 Å². The molecule has 0 fully saturated rings. The van der Waals surface area contributed by atoms with Crippen molar-refractivity contribution in [3.8, 4) is 11.5 Å². The number of nitrogens with zero attached hydrogens (tertiary/aromatic N) is 2. The Hall–Kier alpha value is -4.05. The van der Waals surface area contributed by atoms with Gasteiger partial charge in [-0.25, -0.2) is 8.42 Å². The molecular weight excluding hydrogens is 518 g/mol. The van der Waals surface area contributed by atoms with Gasteiger partial charge in [-0.2, -0.15) is 0 Å². The van der Waals surface area contributed by atoms with E-state index in [1.807, 2.05) is 37.3 Å². The van der Waals surface area contributed by atoms with Crippen molar-refractivity contribution < 1.29 is 27.5 Å². The van der Waals surface area contributed by atoms with Gasteiger partial charge >= 0.3 is 0 Å². The third-order valence-corrected chi connectivity index (χ3v) is 8.16. The number of hydrogen-bond acceptors (Lipinski definition) is 6. The van der Waals surface area contributed by atoms with E-state index >= 15 is 0 Å². The molecule has 208 valence electrons. The zero-order valence-electron chi connectivity index (χ0n) is 22.9. The number of ether oxygens (including phenoxy) is 2. The highest BCUT2D eigenvalue weighted by Gasteiger charge is 2.33. The van der Waals surface area contributed by atoms with Crippen molar-refractivity contribution in [3.05, 3.63) is 83.9 Å². The molecule has 0 saturated carbocycles. The summed E-state index contributed by atoms with van der Waals surface area (Å²) in [5, 5.41) is 2.62. The molecule has 0 spiro atoms. The van der Waals surface area contributed by atoms with E-state index in [0.29, 0.717) is 17.9 Å². The van der Waals surface area contributed by atoms with Gasteiger partial charge in [0.25, 0.3) is 10.0 Å². The molecule has 0 bridgehead atoms. The van der Waals surface area contributed by atoms with Crippen LogP contribution in [0.25, 0.3) is 0 Å². The predicted octanol–water partition coefficient (Wildman–Crippen LogP) is 3.76. The Balaban J connectivity index is 2.11. The monoisotopic (exact) mass is 553 g/mol. The van der Waals surface area contributed by atoms with E-state index in [9.17, 15) is 18.0 Å². The molecule has 0 heterocycles. The Morgan fingerprint density at radius 2 is 1.56 bits per heavy atom. The van der Waals surface area contributed by atoms with Gasteiger partial charge in [0.15, 0.2) is 11.5 Å². The average Bonchev–Trinajstić information content (AvgIpc) is 2.95. The van der Waals surface area contributed by atoms with E-state index in [0.717, 1.165) is 15.4 Å². The minimum atomic E-state index is -4.19. The third-order valence-electron chi connectivity index (χ3n) is 6.37. The molecule has 2 amide bonds. The molecule has 0 radical (unpaired) electrons. The Kier molecular flexibility index (Phi) is 9.95. The molecule has 0 aliphatic carbocycles. The summed E-state index contributed by atoms with van der Waals surface area (Å²) in [5.74, 6) is -0.137. The number of aryl methyl sites for hydroxylation is 1. The van der Waals surface area contributed by atoms with E-state index in [1.54, 1.807) is 31.2 Å². The number of rotatable bonds is 12. The summed E-state index contributed by atoms with van der Waals surface area (Å²) in [6.07, 6.45) is 0.347. The molecule has 3 rings (SSSR count). The lowest BCUT2D eigenvalue weighted by Crippen LogP contribution is -2.51. The topological polar surface area (TPSA) is 105 Å². The lowest BCUT2D eigenvalue weighted by molar-refractivity contribution is -0.140. The Morgan fingerprint density at radius 1 is 0.923 bits per heavy atom. The van der Waals surface area contributed by atoms with E-state index in [1.165, 1.54) is 44.4 Å². The number of carbonyl (C=O) groups excluding carboxylic acids is 2. The molecule has 0 saturated heterocycles. The molecular formula is C29H35N3O6S. The number of methoxy groups -OCH3 is 2. The van der Waals surface area contributed by atoms with Gasteiger partial charge in [-0.15, -0.1) is 0 Å². The van der Waals surface area contributed by atoms with Crippen molar-refractivity contribution in [1.82, 2.24) is 10.2 Å². The lowest BCUT2D eigenvalue weighted by atomic mass is 10.1. The first-order chi connectivity index (χ1) is 18.7. The first-order valence-corrected chi connectivity index (χ1v) is 14.0. The summed E-state index contributed by atoms with van der Waals surface area (Å²) in [7, 11) is 0.248. The van der Waals surface area contributed by atoms with Gasteiger partial charge in [-0.3, -0.25) is 13.9 Å². The summed E-state index contributed by atoms with van der Waals surface area (Å²) in [6, 6.07) is 19.5. The largest absolute Gasteiger partial charge is 0.493 e. The summed E-state index contributed by atoms with van der Waals surface area (Å²) in [4.78, 5) is 28.2. The standard InChI is InChI=1S/C29H35N3O6S/c1-6-25(29(34)30-3)31(19-22-10-8-7-9-11-22)28(33)20-32(23-14-17-26(37-4)27(18-23)38-5)39(35,36)24-15-12-21(2)13-16-24/h7-18,25H,6,19-20H2,1-5H3,(H,30,34)/t25-/m1/s1. The second-order valence-electron chi connectivity index (χ2n) is 8.91. The van der Waals surface area contributed by atoms with Crippen LogP contribution in [0.15, 0.2) is 77.7 Å².